The quantitative estimate of drug-likeness (QED) is 0.836. The van der Waals surface area contributed by atoms with Gasteiger partial charge in [0.25, 0.3) is 0 Å². The zero-order valence-electron chi connectivity index (χ0n) is 11.5. The maximum atomic E-state index is 10.6. The van der Waals surface area contributed by atoms with Crippen molar-refractivity contribution in [2.24, 2.45) is 13.0 Å². The van der Waals surface area contributed by atoms with E-state index in [0.717, 1.165) is 28.6 Å². The molecule has 2 aromatic rings. The summed E-state index contributed by atoms with van der Waals surface area (Å²) < 4.78 is 4.33. The van der Waals surface area contributed by atoms with E-state index in [1.165, 1.54) is 12.8 Å². The lowest BCUT2D eigenvalue weighted by Crippen LogP contribution is -2.01. The second-order valence-electron chi connectivity index (χ2n) is 5.21. The van der Waals surface area contributed by atoms with E-state index in [4.69, 9.17) is 0 Å². The number of aliphatic hydroxyl groups excluding tert-OH is 1. The number of aliphatic hydroxyl groups is 1. The van der Waals surface area contributed by atoms with Crippen LogP contribution in [0.5, 0.6) is 0 Å². The Morgan fingerprint density at radius 3 is 2.70 bits per heavy atom. The van der Waals surface area contributed by atoms with Crippen LogP contribution in [0.1, 0.15) is 30.1 Å². The van der Waals surface area contributed by atoms with Gasteiger partial charge in [-0.25, -0.2) is 0 Å². The summed E-state index contributed by atoms with van der Waals surface area (Å²) in [6.07, 6.45) is 7.67. The fourth-order valence-corrected chi connectivity index (χ4v) is 3.41. The van der Waals surface area contributed by atoms with Crippen LogP contribution in [0.4, 0.5) is 0 Å². The molecule has 1 atom stereocenters. The molecule has 0 aromatic carbocycles. The van der Waals surface area contributed by atoms with Crippen molar-refractivity contribution >= 4 is 27.7 Å². The highest BCUT2D eigenvalue weighted by Crippen LogP contribution is 2.34. The van der Waals surface area contributed by atoms with Gasteiger partial charge < -0.3 is 5.11 Å². The molecule has 0 spiro atoms. The smallest absolute Gasteiger partial charge is 0.134 e. The Balaban J connectivity index is 1.90. The van der Waals surface area contributed by atoms with Gasteiger partial charge in [0, 0.05) is 37.1 Å². The second-order valence-corrected chi connectivity index (χ2v) is 6.76. The molecular weight excluding hydrogens is 340 g/mol. The zero-order chi connectivity index (χ0) is 14.3. The minimum absolute atomic E-state index is 0.675. The Morgan fingerprint density at radius 1 is 1.40 bits per heavy atom. The van der Waals surface area contributed by atoms with E-state index in [9.17, 15) is 5.11 Å². The van der Waals surface area contributed by atoms with E-state index in [1.54, 1.807) is 16.4 Å². The average Bonchev–Trinajstić information content (AvgIpc) is 3.02. The summed E-state index contributed by atoms with van der Waals surface area (Å²) in [5.41, 5.74) is 1.63. The van der Waals surface area contributed by atoms with Crippen molar-refractivity contribution in [1.82, 2.24) is 19.6 Å². The fourth-order valence-electron chi connectivity index (χ4n) is 2.25. The van der Waals surface area contributed by atoms with Gasteiger partial charge in [-0.3, -0.25) is 9.36 Å². The number of aryl methyl sites for hydroxylation is 1. The van der Waals surface area contributed by atoms with E-state index in [0.29, 0.717) is 4.60 Å². The third-order valence-corrected chi connectivity index (χ3v) is 4.81. The third-order valence-electron chi connectivity index (χ3n) is 3.49. The fraction of sp³-hybridized carbons (Fsp3) is 0.538. The van der Waals surface area contributed by atoms with Crippen LogP contribution in [-0.2, 0) is 13.6 Å². The molecule has 1 aliphatic carbocycles. The maximum Gasteiger partial charge on any atom is 0.134 e. The molecule has 1 saturated carbocycles. The monoisotopic (exact) mass is 356 g/mol. The van der Waals surface area contributed by atoms with Gasteiger partial charge in [-0.15, -0.1) is 11.8 Å². The van der Waals surface area contributed by atoms with E-state index >= 15 is 0 Å². The molecule has 108 valence electrons. The van der Waals surface area contributed by atoms with Crippen molar-refractivity contribution in [3.8, 4) is 0 Å². The van der Waals surface area contributed by atoms with E-state index in [1.807, 2.05) is 30.4 Å². The average molecular weight is 357 g/mol. The van der Waals surface area contributed by atoms with Gasteiger partial charge in [-0.2, -0.15) is 10.2 Å². The van der Waals surface area contributed by atoms with Crippen molar-refractivity contribution in [3.63, 3.8) is 0 Å². The number of thioether (sulfide) groups is 1. The van der Waals surface area contributed by atoms with Gasteiger partial charge in [0.05, 0.1) is 0 Å². The maximum absolute atomic E-state index is 10.6. The van der Waals surface area contributed by atoms with Gasteiger partial charge >= 0.3 is 0 Å². The Labute approximate surface area is 130 Å². The summed E-state index contributed by atoms with van der Waals surface area (Å²) in [5, 5.41) is 20.3. The molecule has 1 unspecified atom stereocenters. The van der Waals surface area contributed by atoms with Gasteiger partial charge in [0.2, 0.25) is 0 Å². The Hall–Kier alpha value is -0.790. The SMILES string of the molecule is CSc1nn(CC2CC2)cc1C(O)c1cn(C)nc1Br. The van der Waals surface area contributed by atoms with Crippen molar-refractivity contribution in [1.29, 1.82) is 0 Å². The minimum Gasteiger partial charge on any atom is -0.383 e. The zero-order valence-corrected chi connectivity index (χ0v) is 13.9. The Morgan fingerprint density at radius 2 is 2.15 bits per heavy atom. The lowest BCUT2D eigenvalue weighted by atomic mass is 10.1. The van der Waals surface area contributed by atoms with Gasteiger partial charge in [0.1, 0.15) is 15.7 Å². The number of hydrogen-bond donors (Lipinski definition) is 1. The molecule has 0 aliphatic heterocycles. The van der Waals surface area contributed by atoms with Gasteiger partial charge in [-0.05, 0) is 40.9 Å². The molecule has 2 aromatic heterocycles. The first-order valence-electron chi connectivity index (χ1n) is 6.57. The van der Waals surface area contributed by atoms with Crippen LogP contribution < -0.4 is 0 Å². The first kappa shape index (κ1) is 14.2. The summed E-state index contributed by atoms with van der Waals surface area (Å²) in [6, 6.07) is 0. The Kier molecular flexibility index (Phi) is 3.92. The number of halogens is 1. The molecule has 5 nitrogen and oxygen atoms in total. The van der Waals surface area contributed by atoms with Crippen LogP contribution in [0.3, 0.4) is 0 Å². The van der Waals surface area contributed by atoms with Crippen LogP contribution in [0.2, 0.25) is 0 Å². The van der Waals surface area contributed by atoms with Crippen LogP contribution in [0.15, 0.2) is 22.0 Å². The van der Waals surface area contributed by atoms with Crippen LogP contribution in [-0.4, -0.2) is 30.9 Å². The molecule has 1 fully saturated rings. The standard InChI is InChI=1S/C13H17BrN4OS/c1-17-6-9(12(14)15-17)11(19)10-7-18(5-8-3-4-8)16-13(10)20-2/h6-8,11,19H,3-5H2,1-2H3. The van der Waals surface area contributed by atoms with Crippen LogP contribution in [0, 0.1) is 5.92 Å². The van der Waals surface area contributed by atoms with Crippen molar-refractivity contribution in [3.05, 3.63) is 28.1 Å². The van der Waals surface area contributed by atoms with Gasteiger partial charge in [0.15, 0.2) is 0 Å². The first-order valence-corrected chi connectivity index (χ1v) is 8.58. The predicted molar refractivity (Wildman–Crippen MR) is 81.7 cm³/mol. The summed E-state index contributed by atoms with van der Waals surface area (Å²) in [5.74, 6) is 0.764. The molecule has 0 amide bonds. The van der Waals surface area contributed by atoms with E-state index < -0.39 is 6.10 Å². The topological polar surface area (TPSA) is 55.9 Å². The number of aromatic nitrogens is 4. The molecule has 1 N–H and O–H groups in total. The van der Waals surface area contributed by atoms with E-state index in [-0.39, 0.29) is 0 Å². The predicted octanol–water partition coefficient (Wildman–Crippen LogP) is 2.59. The molecule has 0 saturated heterocycles. The molecule has 2 heterocycles. The third kappa shape index (κ3) is 2.80. The summed E-state index contributed by atoms with van der Waals surface area (Å²) in [4.78, 5) is 0. The number of rotatable bonds is 5. The lowest BCUT2D eigenvalue weighted by molar-refractivity contribution is 0.216. The summed E-state index contributed by atoms with van der Waals surface area (Å²) >= 11 is 4.96. The molecule has 3 rings (SSSR count). The molecule has 0 bridgehead atoms. The molecule has 20 heavy (non-hydrogen) atoms. The molecule has 1 aliphatic rings. The van der Waals surface area contributed by atoms with E-state index in [2.05, 4.69) is 26.1 Å². The van der Waals surface area contributed by atoms with Crippen LogP contribution in [0.25, 0.3) is 0 Å². The Bertz CT molecular complexity index is 620. The first-order chi connectivity index (χ1) is 9.58. The molecular formula is C13H17BrN4OS. The number of nitrogens with zero attached hydrogens (tertiary/aromatic N) is 4. The minimum atomic E-state index is -0.700. The molecule has 0 radical (unpaired) electrons. The van der Waals surface area contributed by atoms with Crippen molar-refractivity contribution < 1.29 is 5.11 Å². The van der Waals surface area contributed by atoms with Gasteiger partial charge in [-0.1, -0.05) is 0 Å². The lowest BCUT2D eigenvalue weighted by Gasteiger charge is -2.07. The second kappa shape index (κ2) is 5.54. The van der Waals surface area contributed by atoms with Crippen molar-refractivity contribution in [2.75, 3.05) is 6.26 Å². The van der Waals surface area contributed by atoms with Crippen LogP contribution >= 0.6 is 27.7 Å². The summed E-state index contributed by atoms with van der Waals surface area (Å²) in [6.45, 7) is 0.953. The number of hydrogen-bond acceptors (Lipinski definition) is 4. The normalized spacial score (nSPS) is 16.6. The highest BCUT2D eigenvalue weighted by Gasteiger charge is 2.25. The van der Waals surface area contributed by atoms with Crippen molar-refractivity contribution in [2.45, 2.75) is 30.5 Å². The highest BCUT2D eigenvalue weighted by molar-refractivity contribution is 9.10. The largest absolute Gasteiger partial charge is 0.383 e. The highest BCUT2D eigenvalue weighted by atomic mass is 79.9. The molecule has 7 heteroatoms. The summed E-state index contributed by atoms with van der Waals surface area (Å²) in [7, 11) is 1.84.